The van der Waals surface area contributed by atoms with Crippen LogP contribution in [0.3, 0.4) is 0 Å². The van der Waals surface area contributed by atoms with E-state index in [2.05, 4.69) is 58.0 Å². The molecular formula is C11H9Br3N2O2. The minimum absolute atomic E-state index is 0.0586. The van der Waals surface area contributed by atoms with E-state index >= 15 is 0 Å². The van der Waals surface area contributed by atoms with E-state index in [1.165, 1.54) is 13.8 Å². The summed E-state index contributed by atoms with van der Waals surface area (Å²) in [4.78, 5) is 11.2. The number of hydrogen-bond acceptors (Lipinski definition) is 4. The molecule has 1 aromatic carbocycles. The fourth-order valence-corrected chi connectivity index (χ4v) is 3.54. The van der Waals surface area contributed by atoms with E-state index in [1.54, 1.807) is 0 Å². The Morgan fingerprint density at radius 1 is 1.17 bits per heavy atom. The van der Waals surface area contributed by atoms with Gasteiger partial charge < -0.3 is 5.11 Å². The number of allylic oxidation sites excluding steroid dienone is 2. The molecule has 0 heterocycles. The summed E-state index contributed by atoms with van der Waals surface area (Å²) in [5, 5.41) is 17.1. The van der Waals surface area contributed by atoms with Crippen LogP contribution in [0, 0.1) is 0 Å². The molecule has 1 N–H and O–H groups in total. The average molecular weight is 441 g/mol. The Hall–Kier alpha value is -0.530. The number of Topliss-reactive ketones (excluding diaryl/α,β-unsaturated/α-hetero) is 1. The molecule has 0 saturated carbocycles. The standard InChI is InChI=1S/C11H9Br3N2O2/c1-5(17)10(6(2)18)15-16-11-8(13)3-7(12)4-9(11)14/h3-4,17H,1-2H3. The summed E-state index contributed by atoms with van der Waals surface area (Å²) in [6.45, 7) is 2.71. The molecule has 0 bridgehead atoms. The minimum Gasteiger partial charge on any atom is -0.510 e. The highest BCUT2D eigenvalue weighted by Gasteiger charge is 2.09. The summed E-state index contributed by atoms with van der Waals surface area (Å²) in [5.74, 6) is -0.501. The normalized spacial score (nSPS) is 12.7. The summed E-state index contributed by atoms with van der Waals surface area (Å²) >= 11 is 10.0. The van der Waals surface area contributed by atoms with E-state index in [4.69, 9.17) is 0 Å². The predicted octanol–water partition coefficient (Wildman–Crippen LogP) is 5.44. The summed E-state index contributed by atoms with van der Waals surface area (Å²) in [7, 11) is 0. The van der Waals surface area contributed by atoms with Crippen molar-refractivity contribution < 1.29 is 9.90 Å². The van der Waals surface area contributed by atoms with Crippen molar-refractivity contribution in [3.05, 3.63) is 37.0 Å². The molecule has 0 saturated heterocycles. The average Bonchev–Trinajstić information content (AvgIpc) is 2.20. The molecule has 0 fully saturated rings. The summed E-state index contributed by atoms with van der Waals surface area (Å²) in [6, 6.07) is 3.62. The zero-order chi connectivity index (χ0) is 13.9. The van der Waals surface area contributed by atoms with Gasteiger partial charge in [0.15, 0.2) is 11.5 Å². The van der Waals surface area contributed by atoms with Crippen molar-refractivity contribution in [3.8, 4) is 0 Å². The number of aliphatic hydroxyl groups is 1. The second kappa shape index (κ2) is 6.58. The van der Waals surface area contributed by atoms with Gasteiger partial charge in [-0.15, -0.1) is 10.2 Å². The van der Waals surface area contributed by atoms with Crippen molar-refractivity contribution in [2.24, 2.45) is 10.2 Å². The van der Waals surface area contributed by atoms with Crippen LogP contribution in [0.5, 0.6) is 0 Å². The first-order valence-corrected chi connectivity index (χ1v) is 7.18. The van der Waals surface area contributed by atoms with E-state index in [0.29, 0.717) is 14.6 Å². The molecule has 0 aliphatic carbocycles. The first kappa shape index (κ1) is 15.5. The highest BCUT2D eigenvalue weighted by molar-refractivity contribution is 9.11. The molecule has 0 amide bonds. The Balaban J connectivity index is 3.20. The van der Waals surface area contributed by atoms with E-state index in [1.807, 2.05) is 12.1 Å². The van der Waals surface area contributed by atoms with Crippen molar-refractivity contribution in [2.75, 3.05) is 0 Å². The van der Waals surface area contributed by atoms with Gasteiger partial charge in [0.05, 0.1) is 0 Å². The molecule has 0 unspecified atom stereocenters. The molecule has 4 nitrogen and oxygen atoms in total. The second-order valence-electron chi connectivity index (χ2n) is 3.41. The van der Waals surface area contributed by atoms with Crippen LogP contribution in [0.2, 0.25) is 0 Å². The third kappa shape index (κ3) is 4.00. The molecule has 0 atom stereocenters. The molecule has 96 valence electrons. The van der Waals surface area contributed by atoms with Crippen LogP contribution < -0.4 is 0 Å². The summed E-state index contributed by atoms with van der Waals surface area (Å²) in [6.07, 6.45) is 0. The maximum atomic E-state index is 11.2. The Morgan fingerprint density at radius 3 is 2.06 bits per heavy atom. The SMILES string of the molecule is CC(=O)C(N=Nc1c(Br)cc(Br)cc1Br)=C(C)O. The quantitative estimate of drug-likeness (QED) is 0.386. The molecule has 7 heteroatoms. The lowest BCUT2D eigenvalue weighted by molar-refractivity contribution is -0.113. The van der Waals surface area contributed by atoms with Crippen LogP contribution >= 0.6 is 47.8 Å². The van der Waals surface area contributed by atoms with Crippen molar-refractivity contribution in [2.45, 2.75) is 13.8 Å². The van der Waals surface area contributed by atoms with Gasteiger partial charge in [-0.2, -0.15) is 0 Å². The van der Waals surface area contributed by atoms with Crippen LogP contribution in [-0.4, -0.2) is 10.9 Å². The van der Waals surface area contributed by atoms with E-state index < -0.39 is 0 Å². The molecular weight excluding hydrogens is 432 g/mol. The maximum absolute atomic E-state index is 11.2. The summed E-state index contributed by atoms with van der Waals surface area (Å²) in [5.41, 5.74) is 0.481. The maximum Gasteiger partial charge on any atom is 0.183 e. The Bertz CT molecular complexity index is 526. The van der Waals surface area contributed by atoms with Gasteiger partial charge in [-0.3, -0.25) is 4.79 Å². The third-order valence-electron chi connectivity index (χ3n) is 1.91. The number of aliphatic hydroxyl groups excluding tert-OH is 1. The Morgan fingerprint density at radius 2 is 1.67 bits per heavy atom. The van der Waals surface area contributed by atoms with E-state index in [0.717, 1.165) is 4.47 Å². The molecule has 0 aromatic heterocycles. The molecule has 1 aromatic rings. The van der Waals surface area contributed by atoms with Gasteiger partial charge in [0, 0.05) is 20.3 Å². The monoisotopic (exact) mass is 438 g/mol. The Kier molecular flexibility index (Phi) is 5.68. The molecule has 18 heavy (non-hydrogen) atoms. The van der Waals surface area contributed by atoms with Gasteiger partial charge in [0.25, 0.3) is 0 Å². The highest BCUT2D eigenvalue weighted by atomic mass is 79.9. The lowest BCUT2D eigenvalue weighted by Crippen LogP contribution is -1.96. The number of rotatable bonds is 3. The van der Waals surface area contributed by atoms with Gasteiger partial charge in [-0.05, 0) is 50.9 Å². The van der Waals surface area contributed by atoms with Crippen LogP contribution in [0.1, 0.15) is 13.8 Å². The van der Waals surface area contributed by atoms with Crippen LogP contribution in [0.25, 0.3) is 0 Å². The van der Waals surface area contributed by atoms with Gasteiger partial charge in [0.1, 0.15) is 11.4 Å². The number of ketones is 1. The lowest BCUT2D eigenvalue weighted by atomic mass is 10.3. The molecule has 0 aliphatic heterocycles. The van der Waals surface area contributed by atoms with Crippen molar-refractivity contribution in [1.82, 2.24) is 0 Å². The van der Waals surface area contributed by atoms with Crippen LogP contribution in [0.4, 0.5) is 5.69 Å². The minimum atomic E-state index is -0.344. The second-order valence-corrected chi connectivity index (χ2v) is 6.03. The fourth-order valence-electron chi connectivity index (χ4n) is 1.13. The van der Waals surface area contributed by atoms with Gasteiger partial charge >= 0.3 is 0 Å². The molecule has 0 aliphatic rings. The van der Waals surface area contributed by atoms with E-state index in [-0.39, 0.29) is 17.2 Å². The highest BCUT2D eigenvalue weighted by Crippen LogP contribution is 2.37. The molecule has 0 spiro atoms. The smallest absolute Gasteiger partial charge is 0.183 e. The Labute approximate surface area is 130 Å². The van der Waals surface area contributed by atoms with Gasteiger partial charge in [-0.1, -0.05) is 15.9 Å². The lowest BCUT2D eigenvalue weighted by Gasteiger charge is -2.02. The number of nitrogens with zero attached hydrogens (tertiary/aromatic N) is 2. The first-order chi connectivity index (χ1) is 8.32. The number of halogens is 3. The van der Waals surface area contributed by atoms with Crippen molar-refractivity contribution >= 4 is 59.3 Å². The largest absolute Gasteiger partial charge is 0.510 e. The number of hydrogen-bond donors (Lipinski definition) is 1. The molecule has 1 rings (SSSR count). The van der Waals surface area contributed by atoms with Crippen molar-refractivity contribution in [3.63, 3.8) is 0 Å². The number of carbonyl (C=O) groups excluding carboxylic acids is 1. The zero-order valence-corrected chi connectivity index (χ0v) is 14.3. The van der Waals surface area contributed by atoms with Crippen LogP contribution in [-0.2, 0) is 4.79 Å². The van der Waals surface area contributed by atoms with Crippen LogP contribution in [0.15, 0.2) is 47.2 Å². The van der Waals surface area contributed by atoms with Crippen molar-refractivity contribution in [1.29, 1.82) is 0 Å². The summed E-state index contributed by atoms with van der Waals surface area (Å²) < 4.78 is 2.30. The zero-order valence-electron chi connectivity index (χ0n) is 9.54. The topological polar surface area (TPSA) is 62.0 Å². The molecule has 0 radical (unpaired) electrons. The first-order valence-electron chi connectivity index (χ1n) is 4.80. The van der Waals surface area contributed by atoms with Gasteiger partial charge in [0.2, 0.25) is 0 Å². The third-order valence-corrected chi connectivity index (χ3v) is 3.57. The number of benzene rings is 1. The number of carbonyl (C=O) groups is 1. The fraction of sp³-hybridized carbons (Fsp3) is 0.182. The van der Waals surface area contributed by atoms with Gasteiger partial charge in [-0.25, -0.2) is 0 Å². The predicted molar refractivity (Wildman–Crippen MR) is 80.1 cm³/mol. The number of azo groups is 1. The van der Waals surface area contributed by atoms with E-state index in [9.17, 15) is 9.90 Å².